The molecule has 0 saturated carbocycles. The third-order valence-corrected chi connectivity index (χ3v) is 2.14. The van der Waals surface area contributed by atoms with Crippen molar-refractivity contribution in [3.8, 4) is 0 Å². The minimum absolute atomic E-state index is 0.833. The molecule has 0 aliphatic heterocycles. The van der Waals surface area contributed by atoms with Gasteiger partial charge in [0.25, 0.3) is 0 Å². The van der Waals surface area contributed by atoms with E-state index in [-0.39, 0.29) is 0 Å². The lowest BCUT2D eigenvalue weighted by Crippen LogP contribution is -1.89. The molecule has 2 rings (SSSR count). The first-order chi connectivity index (χ1) is 4.86. The van der Waals surface area contributed by atoms with E-state index < -0.39 is 0 Å². The Morgan fingerprint density at radius 1 is 1.40 bits per heavy atom. The highest BCUT2D eigenvalue weighted by Crippen LogP contribution is 2.24. The van der Waals surface area contributed by atoms with E-state index in [0.29, 0.717) is 0 Å². The van der Waals surface area contributed by atoms with Crippen molar-refractivity contribution in [2.75, 3.05) is 0 Å². The SMILES string of the molecule is C[C@H]1Cc2ccncc2C1. The number of nitrogens with zero attached hydrogens (tertiary/aromatic N) is 1. The van der Waals surface area contributed by atoms with E-state index >= 15 is 0 Å². The van der Waals surface area contributed by atoms with E-state index in [9.17, 15) is 0 Å². The van der Waals surface area contributed by atoms with Gasteiger partial charge in [0.15, 0.2) is 0 Å². The lowest BCUT2D eigenvalue weighted by molar-refractivity contribution is 0.627. The molecular formula is C9H11N. The molecule has 1 atom stereocenters. The van der Waals surface area contributed by atoms with E-state index in [2.05, 4.69) is 18.0 Å². The van der Waals surface area contributed by atoms with Crippen LogP contribution in [0.15, 0.2) is 18.5 Å². The molecule has 0 amide bonds. The van der Waals surface area contributed by atoms with Gasteiger partial charge in [0, 0.05) is 12.4 Å². The maximum absolute atomic E-state index is 4.09. The quantitative estimate of drug-likeness (QED) is 0.526. The maximum atomic E-state index is 4.09. The average molecular weight is 133 g/mol. The van der Waals surface area contributed by atoms with Gasteiger partial charge in [-0.2, -0.15) is 0 Å². The predicted molar refractivity (Wildman–Crippen MR) is 40.8 cm³/mol. The Kier molecular flexibility index (Phi) is 1.23. The van der Waals surface area contributed by atoms with E-state index in [1.807, 2.05) is 12.4 Å². The summed E-state index contributed by atoms with van der Waals surface area (Å²) < 4.78 is 0. The molecule has 10 heavy (non-hydrogen) atoms. The molecule has 0 spiro atoms. The Morgan fingerprint density at radius 3 is 3.00 bits per heavy atom. The van der Waals surface area contributed by atoms with E-state index in [1.54, 1.807) is 0 Å². The highest BCUT2D eigenvalue weighted by molar-refractivity contribution is 5.28. The van der Waals surface area contributed by atoms with E-state index in [0.717, 1.165) is 5.92 Å². The summed E-state index contributed by atoms with van der Waals surface area (Å²) in [7, 11) is 0. The molecule has 1 heteroatoms. The van der Waals surface area contributed by atoms with Crippen molar-refractivity contribution < 1.29 is 0 Å². The molecule has 1 nitrogen and oxygen atoms in total. The van der Waals surface area contributed by atoms with Gasteiger partial charge in [-0.1, -0.05) is 6.92 Å². The molecule has 0 fully saturated rings. The maximum Gasteiger partial charge on any atom is 0.0302 e. The first kappa shape index (κ1) is 5.90. The summed E-state index contributed by atoms with van der Waals surface area (Å²) in [5, 5.41) is 0. The van der Waals surface area contributed by atoms with Crippen LogP contribution in [0, 0.1) is 5.92 Å². The van der Waals surface area contributed by atoms with Crippen LogP contribution in [0.3, 0.4) is 0 Å². The molecule has 1 heterocycles. The predicted octanol–water partition coefficient (Wildman–Crippen LogP) is 1.82. The zero-order valence-corrected chi connectivity index (χ0v) is 6.17. The normalized spacial score (nSPS) is 22.7. The number of fused-ring (bicyclic) bond motifs is 1. The zero-order valence-electron chi connectivity index (χ0n) is 6.17. The van der Waals surface area contributed by atoms with Gasteiger partial charge in [-0.05, 0) is 36.0 Å². The monoisotopic (exact) mass is 133 g/mol. The van der Waals surface area contributed by atoms with E-state index in [4.69, 9.17) is 0 Å². The number of rotatable bonds is 0. The Bertz CT molecular complexity index is 217. The van der Waals surface area contributed by atoms with E-state index in [1.165, 1.54) is 24.0 Å². The second-order valence-corrected chi connectivity index (χ2v) is 3.16. The van der Waals surface area contributed by atoms with Crippen molar-refractivity contribution in [3.63, 3.8) is 0 Å². The smallest absolute Gasteiger partial charge is 0.0302 e. The highest BCUT2D eigenvalue weighted by Gasteiger charge is 2.16. The Labute approximate surface area is 61.1 Å². The van der Waals surface area contributed by atoms with Gasteiger partial charge in [-0.25, -0.2) is 0 Å². The molecule has 1 aromatic rings. The molecule has 0 N–H and O–H groups in total. The van der Waals surface area contributed by atoms with Gasteiger partial charge in [-0.15, -0.1) is 0 Å². The van der Waals surface area contributed by atoms with Crippen LogP contribution in [-0.4, -0.2) is 4.98 Å². The Balaban J connectivity index is 2.42. The summed E-state index contributed by atoms with van der Waals surface area (Å²) in [5.41, 5.74) is 2.96. The minimum Gasteiger partial charge on any atom is -0.264 e. The van der Waals surface area contributed by atoms with Crippen LogP contribution in [0.2, 0.25) is 0 Å². The van der Waals surface area contributed by atoms with Crippen LogP contribution >= 0.6 is 0 Å². The van der Waals surface area contributed by atoms with Crippen molar-refractivity contribution in [2.24, 2.45) is 5.92 Å². The molecule has 52 valence electrons. The standard InChI is InChI=1S/C9H11N/c1-7-4-8-2-3-10-6-9(8)5-7/h2-3,6-7H,4-5H2,1H3/t7-/m0/s1. The molecule has 1 aromatic heterocycles. The molecule has 0 saturated heterocycles. The summed E-state index contributed by atoms with van der Waals surface area (Å²) in [5.74, 6) is 0.833. The third-order valence-electron chi connectivity index (χ3n) is 2.14. The number of hydrogen-bond acceptors (Lipinski definition) is 1. The highest BCUT2D eigenvalue weighted by atomic mass is 14.6. The lowest BCUT2D eigenvalue weighted by Gasteiger charge is -1.93. The first-order valence-electron chi connectivity index (χ1n) is 3.78. The van der Waals surface area contributed by atoms with Crippen molar-refractivity contribution in [1.82, 2.24) is 4.98 Å². The minimum atomic E-state index is 0.833. The van der Waals surface area contributed by atoms with Crippen molar-refractivity contribution in [2.45, 2.75) is 19.8 Å². The summed E-state index contributed by atoms with van der Waals surface area (Å²) in [6.45, 7) is 2.29. The van der Waals surface area contributed by atoms with Crippen molar-refractivity contribution in [1.29, 1.82) is 0 Å². The Morgan fingerprint density at radius 2 is 2.20 bits per heavy atom. The number of pyridine rings is 1. The van der Waals surface area contributed by atoms with Gasteiger partial charge in [0.2, 0.25) is 0 Å². The van der Waals surface area contributed by atoms with Gasteiger partial charge < -0.3 is 0 Å². The van der Waals surface area contributed by atoms with Crippen LogP contribution in [0.25, 0.3) is 0 Å². The van der Waals surface area contributed by atoms with Crippen molar-refractivity contribution in [3.05, 3.63) is 29.6 Å². The van der Waals surface area contributed by atoms with Gasteiger partial charge in [0.1, 0.15) is 0 Å². The third kappa shape index (κ3) is 0.821. The lowest BCUT2D eigenvalue weighted by atomic mass is 10.1. The fraction of sp³-hybridized carbons (Fsp3) is 0.444. The molecule has 0 bridgehead atoms. The molecule has 0 unspecified atom stereocenters. The topological polar surface area (TPSA) is 12.9 Å². The molecule has 1 aliphatic carbocycles. The van der Waals surface area contributed by atoms with Gasteiger partial charge in [0.05, 0.1) is 0 Å². The van der Waals surface area contributed by atoms with Crippen LogP contribution in [0.4, 0.5) is 0 Å². The summed E-state index contributed by atoms with van der Waals surface area (Å²) >= 11 is 0. The summed E-state index contributed by atoms with van der Waals surface area (Å²) in [6, 6.07) is 2.14. The average Bonchev–Trinajstić information content (AvgIpc) is 2.27. The second kappa shape index (κ2) is 2.08. The van der Waals surface area contributed by atoms with Gasteiger partial charge >= 0.3 is 0 Å². The van der Waals surface area contributed by atoms with Crippen LogP contribution in [0.5, 0.6) is 0 Å². The largest absolute Gasteiger partial charge is 0.264 e. The Hall–Kier alpha value is -0.850. The number of hydrogen-bond donors (Lipinski definition) is 0. The fourth-order valence-corrected chi connectivity index (χ4v) is 1.66. The second-order valence-electron chi connectivity index (χ2n) is 3.16. The summed E-state index contributed by atoms with van der Waals surface area (Å²) in [6.07, 6.45) is 6.36. The first-order valence-corrected chi connectivity index (χ1v) is 3.78. The summed E-state index contributed by atoms with van der Waals surface area (Å²) in [4.78, 5) is 4.09. The van der Waals surface area contributed by atoms with Crippen molar-refractivity contribution >= 4 is 0 Å². The molecule has 1 aliphatic rings. The molecule has 0 radical (unpaired) electrons. The van der Waals surface area contributed by atoms with Crippen LogP contribution in [0.1, 0.15) is 18.1 Å². The van der Waals surface area contributed by atoms with Crippen LogP contribution in [-0.2, 0) is 12.8 Å². The molecular weight excluding hydrogens is 122 g/mol. The van der Waals surface area contributed by atoms with Crippen LogP contribution < -0.4 is 0 Å². The fourth-order valence-electron chi connectivity index (χ4n) is 1.66. The number of aromatic nitrogens is 1. The zero-order chi connectivity index (χ0) is 6.97. The molecule has 0 aromatic carbocycles. The van der Waals surface area contributed by atoms with Gasteiger partial charge in [-0.3, -0.25) is 4.98 Å².